The predicted molar refractivity (Wildman–Crippen MR) is 41.6 cm³/mol. The summed E-state index contributed by atoms with van der Waals surface area (Å²) in [6.45, 7) is 0.706. The first-order valence-corrected chi connectivity index (χ1v) is 4.40. The topological polar surface area (TPSA) is 41.6 Å². The minimum absolute atomic E-state index is 0.255. The van der Waals surface area contributed by atoms with E-state index in [-0.39, 0.29) is 18.1 Å². The van der Waals surface area contributed by atoms with Crippen molar-refractivity contribution in [2.45, 2.75) is 30.7 Å². The molecule has 2 heterocycles. The zero-order valence-corrected chi connectivity index (χ0v) is 6.99. The number of amides is 1. The van der Waals surface area contributed by atoms with E-state index in [0.717, 1.165) is 0 Å². The Kier molecular flexibility index (Phi) is 1.14. The molecule has 0 radical (unpaired) electrons. The number of carbonyl (C=O) groups is 1. The van der Waals surface area contributed by atoms with Crippen LogP contribution in [-0.4, -0.2) is 48.7 Å². The van der Waals surface area contributed by atoms with E-state index >= 15 is 0 Å². The largest absolute Gasteiger partial charge is 0.373 e. The van der Waals surface area contributed by atoms with Crippen LogP contribution in [0.25, 0.3) is 0 Å². The Morgan fingerprint density at radius 2 is 2.50 bits per heavy atom. The summed E-state index contributed by atoms with van der Waals surface area (Å²) in [7, 11) is 1.87. The average Bonchev–Trinajstić information content (AvgIpc) is 2.75. The fourth-order valence-corrected chi connectivity index (χ4v) is 2.31. The van der Waals surface area contributed by atoms with Gasteiger partial charge >= 0.3 is 0 Å². The van der Waals surface area contributed by atoms with E-state index < -0.39 is 0 Å². The Balaban J connectivity index is 1.92. The Labute approximate surface area is 70.9 Å². The van der Waals surface area contributed by atoms with Crippen LogP contribution in [0.5, 0.6) is 0 Å². The number of ether oxygens (including phenoxy) is 1. The van der Waals surface area contributed by atoms with E-state index in [0.29, 0.717) is 25.1 Å². The smallest absolute Gasteiger partial charge is 0.224 e. The van der Waals surface area contributed by atoms with Crippen LogP contribution in [0.15, 0.2) is 0 Å². The Hall–Kier alpha value is -0.610. The summed E-state index contributed by atoms with van der Waals surface area (Å²) in [6.07, 6.45) is 0.867. The highest BCUT2D eigenvalue weighted by molar-refractivity contribution is 5.78. The van der Waals surface area contributed by atoms with Gasteiger partial charge in [0.15, 0.2) is 0 Å². The monoisotopic (exact) mass is 168 g/mol. The van der Waals surface area contributed by atoms with Gasteiger partial charge in [0.25, 0.3) is 0 Å². The van der Waals surface area contributed by atoms with Crippen LogP contribution < -0.4 is 5.32 Å². The van der Waals surface area contributed by atoms with Gasteiger partial charge in [-0.15, -0.1) is 0 Å². The third kappa shape index (κ3) is 0.716. The third-order valence-electron chi connectivity index (χ3n) is 3.10. The third-order valence-corrected chi connectivity index (χ3v) is 3.10. The van der Waals surface area contributed by atoms with Gasteiger partial charge in [0.2, 0.25) is 5.91 Å². The lowest BCUT2D eigenvalue weighted by Crippen LogP contribution is -2.43. The second-order valence-electron chi connectivity index (χ2n) is 3.89. The second-order valence-corrected chi connectivity index (χ2v) is 3.89. The second kappa shape index (κ2) is 2.00. The minimum atomic E-state index is 0.255. The SMILES string of the molecule is CN1C(=O)CC2COC3C(N2)C31. The number of hydrogen-bond acceptors (Lipinski definition) is 3. The molecule has 4 unspecified atom stereocenters. The number of nitrogens with zero attached hydrogens (tertiary/aromatic N) is 1. The summed E-state index contributed by atoms with van der Waals surface area (Å²) in [5.41, 5.74) is 0. The van der Waals surface area contributed by atoms with Crippen molar-refractivity contribution in [2.24, 2.45) is 0 Å². The van der Waals surface area contributed by atoms with E-state index in [9.17, 15) is 4.79 Å². The van der Waals surface area contributed by atoms with Crippen LogP contribution in [0.3, 0.4) is 0 Å². The highest BCUT2D eigenvalue weighted by atomic mass is 16.5. The molecule has 1 aliphatic carbocycles. The lowest BCUT2D eigenvalue weighted by Gasteiger charge is -2.24. The predicted octanol–water partition coefficient (Wildman–Crippen LogP) is -1.04. The molecule has 3 rings (SSSR count). The van der Waals surface area contributed by atoms with Crippen LogP contribution in [0.4, 0.5) is 0 Å². The number of morpholine rings is 1. The Morgan fingerprint density at radius 3 is 3.33 bits per heavy atom. The van der Waals surface area contributed by atoms with Crippen molar-refractivity contribution >= 4 is 5.91 Å². The molecule has 1 amide bonds. The Bertz CT molecular complexity index is 243. The summed E-state index contributed by atoms with van der Waals surface area (Å²) in [6, 6.07) is 0.985. The molecule has 0 aromatic heterocycles. The molecule has 2 saturated heterocycles. The molecule has 0 spiro atoms. The molecule has 66 valence electrons. The molecular weight excluding hydrogens is 156 g/mol. The van der Waals surface area contributed by atoms with Crippen molar-refractivity contribution in [1.29, 1.82) is 0 Å². The van der Waals surface area contributed by atoms with Crippen LogP contribution in [0.2, 0.25) is 0 Å². The van der Waals surface area contributed by atoms with Gasteiger partial charge in [-0.1, -0.05) is 0 Å². The number of fused-ring (bicyclic) bond motifs is 2. The standard InChI is InChI=1S/C8H12N2O2/c1-10-5(11)2-4-3-12-8-6(9-4)7(8)10/h4,6-9H,2-3H2,1H3. The van der Waals surface area contributed by atoms with Crippen molar-refractivity contribution in [2.75, 3.05) is 13.7 Å². The number of likely N-dealkylation sites (N-methyl/N-ethyl adjacent to an activating group) is 1. The van der Waals surface area contributed by atoms with Gasteiger partial charge in [0.05, 0.1) is 24.8 Å². The van der Waals surface area contributed by atoms with Crippen molar-refractivity contribution in [3.8, 4) is 0 Å². The first-order valence-electron chi connectivity index (χ1n) is 4.40. The maximum Gasteiger partial charge on any atom is 0.224 e. The highest BCUT2D eigenvalue weighted by Gasteiger charge is 2.60. The van der Waals surface area contributed by atoms with Gasteiger partial charge in [-0.25, -0.2) is 0 Å². The molecule has 0 aromatic rings. The molecular formula is C8H12N2O2. The zero-order chi connectivity index (χ0) is 8.29. The van der Waals surface area contributed by atoms with Crippen molar-refractivity contribution in [3.63, 3.8) is 0 Å². The molecule has 4 atom stereocenters. The number of nitrogens with one attached hydrogen (secondary N) is 1. The molecule has 3 aliphatic rings. The lowest BCUT2D eigenvalue weighted by molar-refractivity contribution is -0.132. The van der Waals surface area contributed by atoms with Crippen LogP contribution >= 0.6 is 0 Å². The zero-order valence-electron chi connectivity index (χ0n) is 6.99. The fraction of sp³-hybridized carbons (Fsp3) is 0.875. The first kappa shape index (κ1) is 6.86. The molecule has 1 N–H and O–H groups in total. The molecule has 12 heavy (non-hydrogen) atoms. The molecule has 2 aliphatic heterocycles. The molecule has 1 saturated carbocycles. The summed E-state index contributed by atoms with van der Waals surface area (Å²) in [4.78, 5) is 13.3. The molecule has 3 fully saturated rings. The summed E-state index contributed by atoms with van der Waals surface area (Å²) in [5, 5.41) is 3.43. The van der Waals surface area contributed by atoms with Crippen LogP contribution in [0.1, 0.15) is 6.42 Å². The van der Waals surface area contributed by atoms with Crippen molar-refractivity contribution < 1.29 is 9.53 Å². The van der Waals surface area contributed by atoms with Gasteiger partial charge < -0.3 is 15.0 Å². The van der Waals surface area contributed by atoms with E-state index in [1.165, 1.54) is 0 Å². The summed E-state index contributed by atoms with van der Waals surface area (Å²) < 4.78 is 5.58. The highest BCUT2D eigenvalue weighted by Crippen LogP contribution is 2.37. The maximum atomic E-state index is 11.5. The molecule has 4 nitrogen and oxygen atoms in total. The van der Waals surface area contributed by atoms with Crippen LogP contribution in [0, 0.1) is 0 Å². The number of rotatable bonds is 0. The Morgan fingerprint density at radius 1 is 1.67 bits per heavy atom. The average molecular weight is 168 g/mol. The molecule has 0 aromatic carbocycles. The number of carbonyl (C=O) groups excluding carboxylic acids is 1. The van der Waals surface area contributed by atoms with Gasteiger partial charge in [0, 0.05) is 19.5 Å². The van der Waals surface area contributed by atoms with Gasteiger partial charge in [-0.05, 0) is 0 Å². The normalized spacial score (nSPS) is 50.4. The first-order chi connectivity index (χ1) is 5.77. The molecule has 4 heteroatoms. The van der Waals surface area contributed by atoms with E-state index in [1.807, 2.05) is 11.9 Å². The fourth-order valence-electron chi connectivity index (χ4n) is 2.31. The van der Waals surface area contributed by atoms with Gasteiger partial charge in [0.1, 0.15) is 0 Å². The van der Waals surface area contributed by atoms with Gasteiger partial charge in [-0.3, -0.25) is 4.79 Å². The number of hydrogen-bond donors (Lipinski definition) is 1. The molecule has 2 bridgehead atoms. The van der Waals surface area contributed by atoms with Gasteiger partial charge in [-0.2, -0.15) is 0 Å². The van der Waals surface area contributed by atoms with Crippen LogP contribution in [-0.2, 0) is 9.53 Å². The summed E-state index contributed by atoms with van der Waals surface area (Å²) in [5.74, 6) is 0.255. The lowest BCUT2D eigenvalue weighted by atomic mass is 10.2. The van der Waals surface area contributed by atoms with Crippen molar-refractivity contribution in [1.82, 2.24) is 10.2 Å². The van der Waals surface area contributed by atoms with E-state index in [2.05, 4.69) is 5.32 Å². The maximum absolute atomic E-state index is 11.5. The van der Waals surface area contributed by atoms with E-state index in [1.54, 1.807) is 0 Å². The van der Waals surface area contributed by atoms with E-state index in [4.69, 9.17) is 4.74 Å². The summed E-state index contributed by atoms with van der Waals surface area (Å²) >= 11 is 0. The minimum Gasteiger partial charge on any atom is -0.373 e. The quantitative estimate of drug-likeness (QED) is 0.502. The van der Waals surface area contributed by atoms with Crippen molar-refractivity contribution in [3.05, 3.63) is 0 Å².